The molecular weight excluding hydrogens is 298 g/mol. The van der Waals surface area contributed by atoms with Crippen LogP contribution in [0.3, 0.4) is 0 Å². The largest absolute Gasteiger partial charge is 0.342 e. The Morgan fingerprint density at radius 1 is 0.958 bits per heavy atom. The van der Waals surface area contributed by atoms with Crippen LogP contribution in [0.4, 0.5) is 0 Å². The van der Waals surface area contributed by atoms with Gasteiger partial charge in [0.2, 0.25) is 0 Å². The molecule has 0 saturated heterocycles. The molecule has 0 saturated carbocycles. The molecule has 3 aromatic carbocycles. The molecule has 0 spiro atoms. The average Bonchev–Trinajstić information content (AvgIpc) is 2.85. The normalized spacial score (nSPS) is 19.1. The molecular formula is C21H17NO2. The van der Waals surface area contributed by atoms with Gasteiger partial charge in [-0.1, -0.05) is 54.6 Å². The first-order valence-corrected chi connectivity index (χ1v) is 8.01. The van der Waals surface area contributed by atoms with Crippen molar-refractivity contribution in [1.82, 2.24) is 5.32 Å². The molecule has 1 N–H and O–H groups in total. The van der Waals surface area contributed by atoms with Gasteiger partial charge < -0.3 is 5.32 Å². The number of benzene rings is 3. The highest BCUT2D eigenvalue weighted by molar-refractivity contribution is 6.04. The Labute approximate surface area is 140 Å². The van der Waals surface area contributed by atoms with Crippen LogP contribution in [0.25, 0.3) is 10.8 Å². The standard InChI is InChI=1S/C21H17NO2/c1-21(18-9-5-4-8-17(18)20(24)22-21)13-19(23)16-11-10-14-6-2-3-7-15(14)12-16/h2-12H,13H2,1H3,(H,22,24). The number of hydrogen-bond acceptors (Lipinski definition) is 2. The molecule has 1 aliphatic rings. The summed E-state index contributed by atoms with van der Waals surface area (Å²) in [6.07, 6.45) is 0.244. The molecule has 1 amide bonds. The van der Waals surface area contributed by atoms with Crippen molar-refractivity contribution in [2.75, 3.05) is 0 Å². The van der Waals surface area contributed by atoms with Crippen molar-refractivity contribution in [3.63, 3.8) is 0 Å². The Hall–Kier alpha value is -2.94. The van der Waals surface area contributed by atoms with Gasteiger partial charge in [0.25, 0.3) is 5.91 Å². The Kier molecular flexibility index (Phi) is 3.24. The summed E-state index contributed by atoms with van der Waals surface area (Å²) in [6.45, 7) is 1.91. The number of carbonyl (C=O) groups is 2. The lowest BCUT2D eigenvalue weighted by Crippen LogP contribution is -2.38. The Bertz CT molecular complexity index is 976. The minimum atomic E-state index is -0.656. The van der Waals surface area contributed by atoms with E-state index in [-0.39, 0.29) is 18.1 Å². The third kappa shape index (κ3) is 2.29. The van der Waals surface area contributed by atoms with Crippen molar-refractivity contribution in [1.29, 1.82) is 0 Å². The second kappa shape index (κ2) is 5.31. The van der Waals surface area contributed by atoms with E-state index in [0.29, 0.717) is 11.1 Å². The first-order chi connectivity index (χ1) is 11.6. The molecule has 0 fully saturated rings. The highest BCUT2D eigenvalue weighted by Gasteiger charge is 2.40. The van der Waals surface area contributed by atoms with Gasteiger partial charge in [0.1, 0.15) is 0 Å². The third-order valence-corrected chi connectivity index (χ3v) is 4.74. The Morgan fingerprint density at radius 3 is 2.50 bits per heavy atom. The zero-order valence-corrected chi connectivity index (χ0v) is 13.4. The predicted octanol–water partition coefficient (Wildman–Crippen LogP) is 4.07. The van der Waals surface area contributed by atoms with Gasteiger partial charge >= 0.3 is 0 Å². The predicted molar refractivity (Wildman–Crippen MR) is 94.2 cm³/mol. The van der Waals surface area contributed by atoms with Crippen LogP contribution >= 0.6 is 0 Å². The van der Waals surface area contributed by atoms with Crippen LogP contribution in [0.15, 0.2) is 66.7 Å². The van der Waals surface area contributed by atoms with Crippen molar-refractivity contribution >= 4 is 22.5 Å². The zero-order valence-electron chi connectivity index (χ0n) is 13.4. The van der Waals surface area contributed by atoms with E-state index in [1.807, 2.05) is 67.6 Å². The van der Waals surface area contributed by atoms with Gasteiger partial charge in [0.05, 0.1) is 5.54 Å². The van der Waals surface area contributed by atoms with Crippen molar-refractivity contribution in [3.05, 3.63) is 83.4 Å². The minimum absolute atomic E-state index is 0.0280. The minimum Gasteiger partial charge on any atom is -0.342 e. The topological polar surface area (TPSA) is 46.2 Å². The van der Waals surface area contributed by atoms with E-state index in [0.717, 1.165) is 16.3 Å². The molecule has 118 valence electrons. The van der Waals surface area contributed by atoms with Crippen LogP contribution in [-0.4, -0.2) is 11.7 Å². The monoisotopic (exact) mass is 315 g/mol. The van der Waals surface area contributed by atoms with E-state index in [1.54, 1.807) is 6.07 Å². The first kappa shape index (κ1) is 14.6. The maximum absolute atomic E-state index is 12.8. The molecule has 1 heterocycles. The molecule has 4 rings (SSSR count). The lowest BCUT2D eigenvalue weighted by atomic mass is 9.86. The summed E-state index contributed by atoms with van der Waals surface area (Å²) in [5.41, 5.74) is 1.57. The summed E-state index contributed by atoms with van der Waals surface area (Å²) >= 11 is 0. The summed E-state index contributed by atoms with van der Waals surface area (Å²) < 4.78 is 0. The number of carbonyl (C=O) groups excluding carboxylic acids is 2. The van der Waals surface area contributed by atoms with Gasteiger partial charge in [-0.15, -0.1) is 0 Å². The molecule has 1 atom stereocenters. The summed E-state index contributed by atoms with van der Waals surface area (Å²) in [5, 5.41) is 5.13. The molecule has 3 nitrogen and oxygen atoms in total. The fourth-order valence-corrected chi connectivity index (χ4v) is 3.47. The molecule has 1 unspecified atom stereocenters. The maximum Gasteiger partial charge on any atom is 0.252 e. The lowest BCUT2D eigenvalue weighted by Gasteiger charge is -2.24. The maximum atomic E-state index is 12.8. The number of rotatable bonds is 3. The number of ketones is 1. The van der Waals surface area contributed by atoms with E-state index in [4.69, 9.17) is 0 Å². The quantitative estimate of drug-likeness (QED) is 0.741. The van der Waals surface area contributed by atoms with Gasteiger partial charge in [-0.2, -0.15) is 0 Å². The highest BCUT2D eigenvalue weighted by atomic mass is 16.2. The van der Waals surface area contributed by atoms with Crippen molar-refractivity contribution in [2.45, 2.75) is 18.9 Å². The van der Waals surface area contributed by atoms with Crippen molar-refractivity contribution in [3.8, 4) is 0 Å². The van der Waals surface area contributed by atoms with Gasteiger partial charge in [-0.05, 0) is 35.4 Å². The molecule has 0 radical (unpaired) electrons. The van der Waals surface area contributed by atoms with Crippen LogP contribution in [0.2, 0.25) is 0 Å². The second-order valence-electron chi connectivity index (χ2n) is 6.49. The van der Waals surface area contributed by atoms with Gasteiger partial charge in [-0.3, -0.25) is 9.59 Å². The molecule has 0 aromatic heterocycles. The zero-order chi connectivity index (χ0) is 16.7. The SMILES string of the molecule is CC1(CC(=O)c2ccc3ccccc3c2)NC(=O)c2ccccc21. The van der Waals surface area contributed by atoms with E-state index in [1.165, 1.54) is 0 Å². The van der Waals surface area contributed by atoms with Crippen LogP contribution in [-0.2, 0) is 5.54 Å². The van der Waals surface area contributed by atoms with E-state index in [9.17, 15) is 9.59 Å². The third-order valence-electron chi connectivity index (χ3n) is 4.74. The summed E-state index contributed by atoms with van der Waals surface area (Å²) in [4.78, 5) is 25.0. The molecule has 1 aliphatic heterocycles. The molecule has 3 aromatic rings. The number of nitrogens with one attached hydrogen (secondary N) is 1. The smallest absolute Gasteiger partial charge is 0.252 e. The first-order valence-electron chi connectivity index (χ1n) is 8.01. The fourth-order valence-electron chi connectivity index (χ4n) is 3.47. The number of fused-ring (bicyclic) bond motifs is 2. The van der Waals surface area contributed by atoms with Crippen LogP contribution in [0, 0.1) is 0 Å². The van der Waals surface area contributed by atoms with E-state index >= 15 is 0 Å². The second-order valence-corrected chi connectivity index (χ2v) is 6.49. The van der Waals surface area contributed by atoms with Gasteiger partial charge in [-0.25, -0.2) is 0 Å². The fraction of sp³-hybridized carbons (Fsp3) is 0.143. The molecule has 0 bridgehead atoms. The summed E-state index contributed by atoms with van der Waals surface area (Å²) in [5.74, 6) is -0.0836. The number of Topliss-reactive ketones (excluding diaryl/α,β-unsaturated/α-hetero) is 1. The molecule has 24 heavy (non-hydrogen) atoms. The summed E-state index contributed by atoms with van der Waals surface area (Å²) in [7, 11) is 0. The molecule has 0 aliphatic carbocycles. The summed E-state index contributed by atoms with van der Waals surface area (Å²) in [6, 6.07) is 21.2. The van der Waals surface area contributed by atoms with Gasteiger partial charge in [0, 0.05) is 17.5 Å². The van der Waals surface area contributed by atoms with Crippen molar-refractivity contribution in [2.24, 2.45) is 0 Å². The Balaban J connectivity index is 1.67. The van der Waals surface area contributed by atoms with Crippen LogP contribution in [0.1, 0.15) is 39.6 Å². The van der Waals surface area contributed by atoms with Crippen LogP contribution in [0.5, 0.6) is 0 Å². The number of hydrogen-bond donors (Lipinski definition) is 1. The van der Waals surface area contributed by atoms with E-state index < -0.39 is 5.54 Å². The lowest BCUT2D eigenvalue weighted by molar-refractivity contribution is 0.0894. The highest BCUT2D eigenvalue weighted by Crippen LogP contribution is 2.34. The average molecular weight is 315 g/mol. The Morgan fingerprint density at radius 2 is 1.67 bits per heavy atom. The molecule has 3 heteroatoms. The van der Waals surface area contributed by atoms with Crippen LogP contribution < -0.4 is 5.32 Å². The van der Waals surface area contributed by atoms with E-state index in [2.05, 4.69) is 5.32 Å². The number of amides is 1. The van der Waals surface area contributed by atoms with Gasteiger partial charge in [0.15, 0.2) is 5.78 Å². The van der Waals surface area contributed by atoms with Crippen molar-refractivity contribution < 1.29 is 9.59 Å².